The van der Waals surface area contributed by atoms with E-state index in [-0.39, 0.29) is 17.4 Å². The number of methoxy groups -OCH3 is 1. The van der Waals surface area contributed by atoms with E-state index in [4.69, 9.17) is 19.4 Å². The third-order valence-corrected chi connectivity index (χ3v) is 6.90. The van der Waals surface area contributed by atoms with Crippen molar-refractivity contribution in [1.82, 2.24) is 20.3 Å². The number of ether oxygens (including phenoxy) is 2. The summed E-state index contributed by atoms with van der Waals surface area (Å²) in [5.74, 6) is 0.867. The predicted molar refractivity (Wildman–Crippen MR) is 134 cm³/mol. The van der Waals surface area contributed by atoms with Gasteiger partial charge in [-0.3, -0.25) is 9.78 Å². The summed E-state index contributed by atoms with van der Waals surface area (Å²) in [6, 6.07) is 9.54. The van der Waals surface area contributed by atoms with Crippen molar-refractivity contribution in [1.29, 1.82) is 0 Å². The lowest BCUT2D eigenvalue weighted by Crippen LogP contribution is -2.38. The van der Waals surface area contributed by atoms with Crippen LogP contribution >= 0.6 is 0 Å². The van der Waals surface area contributed by atoms with Crippen LogP contribution in [-0.2, 0) is 16.6 Å². The second-order valence-corrected chi connectivity index (χ2v) is 9.77. The topological polar surface area (TPSA) is 98.3 Å². The lowest BCUT2D eigenvalue weighted by atomic mass is 9.86. The predicted octanol–water partition coefficient (Wildman–Crippen LogP) is 4.42. The highest BCUT2D eigenvalue weighted by Crippen LogP contribution is 2.39. The molecule has 2 aromatic heterocycles. The summed E-state index contributed by atoms with van der Waals surface area (Å²) in [6.45, 7) is 5.87. The van der Waals surface area contributed by atoms with Gasteiger partial charge in [-0.05, 0) is 67.0 Å². The molecule has 0 bridgehead atoms. The van der Waals surface area contributed by atoms with Crippen molar-refractivity contribution >= 4 is 17.5 Å². The molecule has 3 heterocycles. The van der Waals surface area contributed by atoms with Gasteiger partial charge in [0, 0.05) is 48.5 Å². The van der Waals surface area contributed by atoms with E-state index in [0.717, 1.165) is 36.9 Å². The molecular formula is C27H31N5O3. The first-order valence-electron chi connectivity index (χ1n) is 12.1. The van der Waals surface area contributed by atoms with Gasteiger partial charge in [0.1, 0.15) is 5.75 Å². The highest BCUT2D eigenvalue weighted by Gasteiger charge is 2.31. The number of rotatable bonds is 6. The molecule has 1 aromatic carbocycles. The molecule has 1 saturated heterocycles. The zero-order valence-electron chi connectivity index (χ0n) is 20.4. The molecule has 1 aliphatic heterocycles. The second-order valence-electron chi connectivity index (χ2n) is 9.77. The van der Waals surface area contributed by atoms with Crippen molar-refractivity contribution < 1.29 is 14.3 Å². The second kappa shape index (κ2) is 9.62. The molecule has 0 unspecified atom stereocenters. The summed E-state index contributed by atoms with van der Waals surface area (Å²) in [4.78, 5) is 26.5. The first-order chi connectivity index (χ1) is 16.9. The molecule has 3 aromatic rings. The van der Waals surface area contributed by atoms with Crippen LogP contribution in [0.25, 0.3) is 11.3 Å². The van der Waals surface area contributed by atoms with Gasteiger partial charge in [-0.15, -0.1) is 0 Å². The molecule has 2 N–H and O–H groups in total. The normalized spacial score (nSPS) is 17.0. The number of aromatic nitrogens is 3. The minimum Gasteiger partial charge on any atom is -0.495 e. The maximum Gasteiger partial charge on any atom is 0.251 e. The monoisotopic (exact) mass is 473 g/mol. The largest absolute Gasteiger partial charge is 0.495 e. The van der Waals surface area contributed by atoms with Crippen LogP contribution < -0.4 is 15.4 Å². The zero-order valence-corrected chi connectivity index (χ0v) is 20.4. The van der Waals surface area contributed by atoms with Gasteiger partial charge in [0.15, 0.2) is 0 Å². The SMILES string of the molecule is COc1cc(C(=O)NC2CCOCC2)ccc1Nc1nccc(-c2cnc3c(c2)C(C)(C)CC3)n1. The molecule has 1 amide bonds. The molecule has 1 aliphatic carbocycles. The van der Waals surface area contributed by atoms with Gasteiger partial charge in [0.2, 0.25) is 5.95 Å². The molecule has 0 atom stereocenters. The molecule has 0 saturated carbocycles. The smallest absolute Gasteiger partial charge is 0.251 e. The number of nitrogens with zero attached hydrogens (tertiary/aromatic N) is 3. The van der Waals surface area contributed by atoms with Gasteiger partial charge in [-0.2, -0.15) is 0 Å². The average Bonchev–Trinajstić information content (AvgIpc) is 3.19. The van der Waals surface area contributed by atoms with Crippen molar-refractivity contribution in [3.05, 3.63) is 59.5 Å². The molecule has 0 spiro atoms. The third-order valence-electron chi connectivity index (χ3n) is 6.90. The number of carbonyl (C=O) groups is 1. The Kier molecular flexibility index (Phi) is 6.38. The van der Waals surface area contributed by atoms with Gasteiger partial charge in [0.25, 0.3) is 5.91 Å². The van der Waals surface area contributed by atoms with Crippen molar-refractivity contribution in [2.75, 3.05) is 25.6 Å². The first kappa shape index (κ1) is 23.2. The van der Waals surface area contributed by atoms with E-state index >= 15 is 0 Å². The van der Waals surface area contributed by atoms with E-state index in [9.17, 15) is 4.79 Å². The lowest BCUT2D eigenvalue weighted by Gasteiger charge is -2.23. The molecule has 8 nitrogen and oxygen atoms in total. The van der Waals surface area contributed by atoms with E-state index in [2.05, 4.69) is 35.5 Å². The van der Waals surface area contributed by atoms with Crippen LogP contribution in [0.1, 0.15) is 54.7 Å². The number of fused-ring (bicyclic) bond motifs is 1. The molecule has 2 aliphatic rings. The molecule has 35 heavy (non-hydrogen) atoms. The Balaban J connectivity index is 1.34. The highest BCUT2D eigenvalue weighted by atomic mass is 16.5. The summed E-state index contributed by atoms with van der Waals surface area (Å²) in [5, 5.41) is 6.31. The Hall–Kier alpha value is -3.52. The first-order valence-corrected chi connectivity index (χ1v) is 12.1. The number of hydrogen-bond acceptors (Lipinski definition) is 7. The molecule has 0 radical (unpaired) electrons. The van der Waals surface area contributed by atoms with Crippen molar-refractivity contribution in [3.8, 4) is 17.0 Å². The Labute approximate surface area is 205 Å². The zero-order chi connectivity index (χ0) is 24.4. The number of pyridine rings is 1. The number of amides is 1. The van der Waals surface area contributed by atoms with Gasteiger partial charge < -0.3 is 20.1 Å². The minimum absolute atomic E-state index is 0.118. The lowest BCUT2D eigenvalue weighted by molar-refractivity contribution is 0.0696. The maximum atomic E-state index is 12.7. The number of nitrogens with one attached hydrogen (secondary N) is 2. The number of hydrogen-bond donors (Lipinski definition) is 2. The van der Waals surface area contributed by atoms with Crippen LogP contribution in [0, 0.1) is 0 Å². The average molecular weight is 474 g/mol. The van der Waals surface area contributed by atoms with Crippen LogP contribution in [0.15, 0.2) is 42.7 Å². The number of carbonyl (C=O) groups excluding carboxylic acids is 1. The van der Waals surface area contributed by atoms with Crippen molar-refractivity contribution in [3.63, 3.8) is 0 Å². The Morgan fingerprint density at radius 1 is 1.14 bits per heavy atom. The Bertz CT molecular complexity index is 1240. The summed E-state index contributed by atoms with van der Waals surface area (Å²) in [6.07, 6.45) is 7.39. The van der Waals surface area contributed by atoms with Crippen LogP contribution in [0.5, 0.6) is 5.75 Å². The summed E-state index contributed by atoms with van der Waals surface area (Å²) in [7, 11) is 1.58. The summed E-state index contributed by atoms with van der Waals surface area (Å²) in [5.41, 5.74) is 5.58. The molecule has 182 valence electrons. The fourth-order valence-electron chi connectivity index (χ4n) is 4.73. The van der Waals surface area contributed by atoms with E-state index in [1.807, 2.05) is 18.3 Å². The maximum absolute atomic E-state index is 12.7. The molecule has 8 heteroatoms. The molecule has 5 rings (SSSR count). The standard InChI is InChI=1S/C27H31N5O3/c1-27(2)10-6-22-20(27)14-18(16-29-22)21-7-11-28-26(31-21)32-23-5-4-17(15-24(23)34-3)25(33)30-19-8-12-35-13-9-19/h4-5,7,11,14-16,19H,6,8-10,12-13H2,1-3H3,(H,30,33)(H,28,31,32). The highest BCUT2D eigenvalue weighted by molar-refractivity contribution is 5.95. The van der Waals surface area contributed by atoms with Gasteiger partial charge in [-0.25, -0.2) is 9.97 Å². The Morgan fingerprint density at radius 2 is 1.97 bits per heavy atom. The van der Waals surface area contributed by atoms with Crippen LogP contribution in [0.3, 0.4) is 0 Å². The number of benzene rings is 1. The molecular weight excluding hydrogens is 442 g/mol. The van der Waals surface area contributed by atoms with Gasteiger partial charge >= 0.3 is 0 Å². The minimum atomic E-state index is -0.118. The van der Waals surface area contributed by atoms with E-state index in [1.165, 1.54) is 11.3 Å². The van der Waals surface area contributed by atoms with E-state index < -0.39 is 0 Å². The quantitative estimate of drug-likeness (QED) is 0.547. The fourth-order valence-corrected chi connectivity index (χ4v) is 4.73. The number of aryl methyl sites for hydroxylation is 1. The van der Waals surface area contributed by atoms with E-state index in [0.29, 0.717) is 36.2 Å². The summed E-state index contributed by atoms with van der Waals surface area (Å²) < 4.78 is 10.9. The molecule has 1 fully saturated rings. The number of anilines is 2. The summed E-state index contributed by atoms with van der Waals surface area (Å²) >= 11 is 0. The third kappa shape index (κ3) is 4.98. The van der Waals surface area contributed by atoms with E-state index in [1.54, 1.807) is 25.4 Å². The Morgan fingerprint density at radius 3 is 2.77 bits per heavy atom. The van der Waals surface area contributed by atoms with Crippen LogP contribution in [-0.4, -0.2) is 47.2 Å². The van der Waals surface area contributed by atoms with Crippen molar-refractivity contribution in [2.24, 2.45) is 0 Å². The fraction of sp³-hybridized carbons (Fsp3) is 0.407. The van der Waals surface area contributed by atoms with Gasteiger partial charge in [-0.1, -0.05) is 13.8 Å². The van der Waals surface area contributed by atoms with Crippen LogP contribution in [0.4, 0.5) is 11.6 Å². The van der Waals surface area contributed by atoms with Crippen LogP contribution in [0.2, 0.25) is 0 Å². The van der Waals surface area contributed by atoms with Crippen molar-refractivity contribution in [2.45, 2.75) is 51.0 Å². The van der Waals surface area contributed by atoms with Gasteiger partial charge in [0.05, 0.1) is 18.5 Å².